The summed E-state index contributed by atoms with van der Waals surface area (Å²) in [7, 11) is 1.66. The molecule has 0 aromatic heterocycles. The van der Waals surface area contributed by atoms with Gasteiger partial charge in [-0.2, -0.15) is 0 Å². The average Bonchev–Trinajstić information content (AvgIpc) is 3.56. The van der Waals surface area contributed by atoms with Crippen LogP contribution in [-0.4, -0.2) is 54.1 Å². The maximum Gasteiger partial charge on any atom is 0.318 e. The van der Waals surface area contributed by atoms with Gasteiger partial charge in [0.05, 0.1) is 6.04 Å². The Morgan fingerprint density at radius 3 is 2.62 bits per heavy atom. The van der Waals surface area contributed by atoms with E-state index in [-0.39, 0.29) is 18.1 Å². The van der Waals surface area contributed by atoms with Crippen molar-refractivity contribution >= 4 is 22.8 Å². The van der Waals surface area contributed by atoms with E-state index in [9.17, 15) is 9.59 Å². The van der Waals surface area contributed by atoms with Gasteiger partial charge in [0.25, 0.3) is 0 Å². The van der Waals surface area contributed by atoms with E-state index in [1.54, 1.807) is 7.05 Å². The molecule has 29 heavy (non-hydrogen) atoms. The number of hydrogen-bond donors (Lipinski definition) is 2. The molecule has 2 fully saturated rings. The summed E-state index contributed by atoms with van der Waals surface area (Å²) >= 11 is 0. The molecule has 0 radical (unpaired) electrons. The van der Waals surface area contributed by atoms with Crippen LogP contribution in [0.2, 0.25) is 0 Å². The Morgan fingerprint density at radius 1 is 1.07 bits per heavy atom. The van der Waals surface area contributed by atoms with Crippen molar-refractivity contribution < 1.29 is 9.59 Å². The zero-order valence-corrected chi connectivity index (χ0v) is 17.3. The molecule has 1 aliphatic heterocycles. The van der Waals surface area contributed by atoms with Crippen molar-refractivity contribution in [3.05, 3.63) is 47.5 Å². The van der Waals surface area contributed by atoms with Crippen molar-refractivity contribution in [1.82, 2.24) is 20.4 Å². The Kier molecular flexibility index (Phi) is 5.60. The molecule has 1 unspecified atom stereocenters. The van der Waals surface area contributed by atoms with E-state index in [0.29, 0.717) is 19.1 Å². The fraction of sp³-hybridized carbons (Fsp3) is 0.478. The summed E-state index contributed by atoms with van der Waals surface area (Å²) in [4.78, 5) is 28.9. The number of likely N-dealkylation sites (tertiary alicyclic amines) is 1. The van der Waals surface area contributed by atoms with Crippen molar-refractivity contribution in [2.24, 2.45) is 0 Å². The standard InChI is InChI=1S/C23H30N4O2/c1-16-5-7-18-8-6-17(13-19(18)12-16)14-25-23(29)27(20-9-10-20)21-4-3-11-26(15-21)22(28)24-2/h5-8,12-13,20-21H,3-4,9-11,14-15H2,1-2H3,(H,24,28)(H,25,29). The topological polar surface area (TPSA) is 64.7 Å². The number of aryl methyl sites for hydroxylation is 1. The maximum absolute atomic E-state index is 13.1. The Balaban J connectivity index is 1.42. The van der Waals surface area contributed by atoms with Crippen LogP contribution in [-0.2, 0) is 6.54 Å². The highest BCUT2D eigenvalue weighted by Gasteiger charge is 2.39. The molecule has 1 saturated heterocycles. The van der Waals surface area contributed by atoms with Crippen molar-refractivity contribution in [3.8, 4) is 0 Å². The number of fused-ring (bicyclic) bond motifs is 1. The van der Waals surface area contributed by atoms with Gasteiger partial charge in [0.15, 0.2) is 0 Å². The molecule has 2 aliphatic rings. The summed E-state index contributed by atoms with van der Waals surface area (Å²) in [5.74, 6) is 0. The van der Waals surface area contributed by atoms with Gasteiger partial charge < -0.3 is 20.4 Å². The van der Waals surface area contributed by atoms with Gasteiger partial charge in [-0.1, -0.05) is 35.9 Å². The number of carbonyl (C=O) groups excluding carboxylic acids is 2. The second-order valence-electron chi connectivity index (χ2n) is 8.28. The number of nitrogens with one attached hydrogen (secondary N) is 2. The molecule has 154 valence electrons. The van der Waals surface area contributed by atoms with Gasteiger partial charge in [-0.25, -0.2) is 9.59 Å². The van der Waals surface area contributed by atoms with E-state index in [0.717, 1.165) is 37.8 Å². The van der Waals surface area contributed by atoms with Gasteiger partial charge in [-0.15, -0.1) is 0 Å². The maximum atomic E-state index is 13.1. The third kappa shape index (κ3) is 4.47. The van der Waals surface area contributed by atoms with E-state index in [2.05, 4.69) is 54.0 Å². The minimum atomic E-state index is -0.0580. The van der Waals surface area contributed by atoms with Crippen LogP contribution in [0.3, 0.4) is 0 Å². The summed E-state index contributed by atoms with van der Waals surface area (Å²) in [6.45, 7) is 3.97. The predicted molar refractivity (Wildman–Crippen MR) is 115 cm³/mol. The Bertz CT molecular complexity index is 909. The van der Waals surface area contributed by atoms with E-state index >= 15 is 0 Å². The molecule has 1 heterocycles. The van der Waals surface area contributed by atoms with E-state index in [4.69, 9.17) is 0 Å². The molecule has 4 amide bonds. The summed E-state index contributed by atoms with van der Waals surface area (Å²) in [5.41, 5.74) is 2.33. The van der Waals surface area contributed by atoms with Gasteiger partial charge in [-0.3, -0.25) is 0 Å². The fourth-order valence-electron chi connectivity index (χ4n) is 4.30. The minimum absolute atomic E-state index is 0.0133. The van der Waals surface area contributed by atoms with Crippen molar-refractivity contribution in [3.63, 3.8) is 0 Å². The molecule has 0 spiro atoms. The van der Waals surface area contributed by atoms with Crippen molar-refractivity contribution in [1.29, 1.82) is 0 Å². The second-order valence-corrected chi connectivity index (χ2v) is 8.28. The first kappa shape index (κ1) is 19.6. The monoisotopic (exact) mass is 394 g/mol. The number of amides is 4. The third-order valence-corrected chi connectivity index (χ3v) is 5.97. The molecular formula is C23H30N4O2. The number of rotatable bonds is 4. The number of piperidine rings is 1. The smallest absolute Gasteiger partial charge is 0.318 e. The molecule has 0 bridgehead atoms. The van der Waals surface area contributed by atoms with Crippen LogP contribution < -0.4 is 10.6 Å². The number of benzene rings is 2. The lowest BCUT2D eigenvalue weighted by molar-refractivity contribution is 0.116. The molecule has 6 nitrogen and oxygen atoms in total. The number of nitrogens with zero attached hydrogens (tertiary/aromatic N) is 2. The first-order valence-corrected chi connectivity index (χ1v) is 10.6. The molecule has 1 aliphatic carbocycles. The van der Waals surface area contributed by atoms with Crippen LogP contribution in [0.15, 0.2) is 36.4 Å². The first-order valence-electron chi connectivity index (χ1n) is 10.6. The van der Waals surface area contributed by atoms with Crippen molar-refractivity contribution in [2.45, 2.75) is 51.2 Å². The highest BCUT2D eigenvalue weighted by molar-refractivity contribution is 5.84. The highest BCUT2D eigenvalue weighted by atomic mass is 16.2. The normalized spacial score (nSPS) is 19.1. The lowest BCUT2D eigenvalue weighted by atomic mass is 10.0. The van der Waals surface area contributed by atoms with Crippen LogP contribution in [0.5, 0.6) is 0 Å². The Labute approximate surface area is 172 Å². The lowest BCUT2D eigenvalue weighted by Crippen LogP contribution is -2.56. The van der Waals surface area contributed by atoms with Crippen LogP contribution in [0.4, 0.5) is 9.59 Å². The second kappa shape index (κ2) is 8.31. The minimum Gasteiger partial charge on any atom is -0.341 e. The number of urea groups is 2. The largest absolute Gasteiger partial charge is 0.341 e. The Morgan fingerprint density at radius 2 is 1.86 bits per heavy atom. The molecule has 1 atom stereocenters. The molecule has 2 N–H and O–H groups in total. The molecule has 4 rings (SSSR count). The zero-order valence-electron chi connectivity index (χ0n) is 17.3. The lowest BCUT2D eigenvalue weighted by Gasteiger charge is -2.39. The highest BCUT2D eigenvalue weighted by Crippen LogP contribution is 2.31. The molecular weight excluding hydrogens is 364 g/mol. The summed E-state index contributed by atoms with van der Waals surface area (Å²) < 4.78 is 0. The molecule has 2 aromatic carbocycles. The van der Waals surface area contributed by atoms with E-state index in [1.807, 2.05) is 9.80 Å². The average molecular weight is 395 g/mol. The van der Waals surface area contributed by atoms with Gasteiger partial charge in [0.1, 0.15) is 0 Å². The van der Waals surface area contributed by atoms with Crippen LogP contribution >= 0.6 is 0 Å². The van der Waals surface area contributed by atoms with Gasteiger partial charge >= 0.3 is 12.1 Å². The number of hydrogen-bond acceptors (Lipinski definition) is 2. The molecule has 2 aromatic rings. The van der Waals surface area contributed by atoms with Gasteiger partial charge in [0.2, 0.25) is 0 Å². The predicted octanol–water partition coefficient (Wildman–Crippen LogP) is 3.63. The fourth-order valence-corrected chi connectivity index (χ4v) is 4.30. The molecule has 6 heteroatoms. The van der Waals surface area contributed by atoms with Crippen molar-refractivity contribution in [2.75, 3.05) is 20.1 Å². The van der Waals surface area contributed by atoms with Crippen LogP contribution in [0, 0.1) is 6.92 Å². The number of carbonyl (C=O) groups is 2. The van der Waals surface area contributed by atoms with E-state index < -0.39 is 0 Å². The summed E-state index contributed by atoms with van der Waals surface area (Å²) in [6.07, 6.45) is 3.99. The van der Waals surface area contributed by atoms with E-state index in [1.165, 1.54) is 16.3 Å². The SMILES string of the molecule is CNC(=O)N1CCCC(N(C(=O)NCc2ccc3ccc(C)cc3c2)C2CC2)C1. The Hall–Kier alpha value is -2.76. The summed E-state index contributed by atoms with van der Waals surface area (Å²) in [5, 5.41) is 8.23. The first-order chi connectivity index (χ1) is 14.0. The van der Waals surface area contributed by atoms with Gasteiger partial charge in [-0.05, 0) is 55.0 Å². The van der Waals surface area contributed by atoms with Crippen LogP contribution in [0.25, 0.3) is 10.8 Å². The quantitative estimate of drug-likeness (QED) is 0.832. The third-order valence-electron chi connectivity index (χ3n) is 5.97. The zero-order chi connectivity index (χ0) is 20.4. The molecule has 1 saturated carbocycles. The van der Waals surface area contributed by atoms with Crippen LogP contribution in [0.1, 0.15) is 36.8 Å². The summed E-state index contributed by atoms with van der Waals surface area (Å²) in [6, 6.07) is 13.1. The van der Waals surface area contributed by atoms with Gasteiger partial charge in [0, 0.05) is 32.7 Å².